The lowest BCUT2D eigenvalue weighted by atomic mass is 9.81. The van der Waals surface area contributed by atoms with E-state index in [0.717, 1.165) is 12.8 Å². The van der Waals surface area contributed by atoms with Crippen LogP contribution in [0.1, 0.15) is 29.6 Å². The van der Waals surface area contributed by atoms with Gasteiger partial charge in [-0.3, -0.25) is 14.5 Å². The first-order chi connectivity index (χ1) is 11.6. The Morgan fingerprint density at radius 3 is 2.62 bits per heavy atom. The molecule has 122 valence electrons. The SMILES string of the molecule is O=C1c2cccnc2N(c2ccc(Cl)cc2)C(=O)C12CCCCO2. The number of amides is 1. The summed E-state index contributed by atoms with van der Waals surface area (Å²) in [6.45, 7) is 0.404. The number of pyridine rings is 1. The van der Waals surface area contributed by atoms with Gasteiger partial charge in [0.25, 0.3) is 5.91 Å². The maximum Gasteiger partial charge on any atom is 0.273 e. The first kappa shape index (κ1) is 15.3. The molecule has 5 nitrogen and oxygen atoms in total. The van der Waals surface area contributed by atoms with Crippen molar-refractivity contribution in [3.8, 4) is 0 Å². The van der Waals surface area contributed by atoms with Crippen LogP contribution in [0.5, 0.6) is 0 Å². The van der Waals surface area contributed by atoms with Crippen molar-refractivity contribution < 1.29 is 14.3 Å². The van der Waals surface area contributed by atoms with Crippen molar-refractivity contribution in [2.45, 2.75) is 24.9 Å². The van der Waals surface area contributed by atoms with Crippen LogP contribution >= 0.6 is 11.6 Å². The summed E-state index contributed by atoms with van der Waals surface area (Å²) in [6.07, 6.45) is 3.59. The van der Waals surface area contributed by atoms with Gasteiger partial charge >= 0.3 is 0 Å². The van der Waals surface area contributed by atoms with Crippen molar-refractivity contribution >= 4 is 34.8 Å². The summed E-state index contributed by atoms with van der Waals surface area (Å²) in [7, 11) is 0. The second-order valence-electron chi connectivity index (χ2n) is 5.95. The first-order valence-electron chi connectivity index (χ1n) is 7.87. The zero-order valence-corrected chi connectivity index (χ0v) is 13.6. The van der Waals surface area contributed by atoms with Crippen molar-refractivity contribution in [2.24, 2.45) is 0 Å². The third-order valence-electron chi connectivity index (χ3n) is 4.51. The molecule has 1 saturated heterocycles. The first-order valence-corrected chi connectivity index (χ1v) is 8.25. The van der Waals surface area contributed by atoms with E-state index in [2.05, 4.69) is 4.98 Å². The molecule has 1 atom stereocenters. The second-order valence-corrected chi connectivity index (χ2v) is 6.39. The van der Waals surface area contributed by atoms with Crippen molar-refractivity contribution in [3.63, 3.8) is 0 Å². The highest BCUT2D eigenvalue weighted by Gasteiger charge is 2.55. The Bertz CT molecular complexity index is 813. The Morgan fingerprint density at radius 2 is 1.92 bits per heavy atom. The molecule has 24 heavy (non-hydrogen) atoms. The number of anilines is 2. The van der Waals surface area contributed by atoms with Crippen LogP contribution in [-0.4, -0.2) is 28.9 Å². The van der Waals surface area contributed by atoms with Crippen LogP contribution < -0.4 is 4.90 Å². The number of benzene rings is 1. The number of ketones is 1. The summed E-state index contributed by atoms with van der Waals surface area (Å²) in [5.41, 5.74) is -0.409. The van der Waals surface area contributed by atoms with Gasteiger partial charge in [-0.1, -0.05) is 11.6 Å². The van der Waals surface area contributed by atoms with Crippen LogP contribution in [-0.2, 0) is 9.53 Å². The molecule has 2 aliphatic rings. The Morgan fingerprint density at radius 1 is 1.12 bits per heavy atom. The van der Waals surface area contributed by atoms with Gasteiger partial charge in [0.15, 0.2) is 5.82 Å². The minimum Gasteiger partial charge on any atom is -0.357 e. The van der Waals surface area contributed by atoms with E-state index in [1.165, 1.54) is 4.90 Å². The molecule has 1 spiro atoms. The van der Waals surface area contributed by atoms with E-state index < -0.39 is 5.60 Å². The summed E-state index contributed by atoms with van der Waals surface area (Å²) in [5, 5.41) is 0.573. The molecule has 0 bridgehead atoms. The Labute approximate surface area is 144 Å². The maximum absolute atomic E-state index is 13.3. The number of nitrogens with zero attached hydrogens (tertiary/aromatic N) is 2. The summed E-state index contributed by atoms with van der Waals surface area (Å²) >= 11 is 5.95. The van der Waals surface area contributed by atoms with Crippen LogP contribution in [0.15, 0.2) is 42.6 Å². The van der Waals surface area contributed by atoms with Crippen molar-refractivity contribution in [1.82, 2.24) is 4.98 Å². The maximum atomic E-state index is 13.3. The van der Waals surface area contributed by atoms with E-state index in [4.69, 9.17) is 16.3 Å². The summed E-state index contributed by atoms with van der Waals surface area (Å²) in [6, 6.07) is 10.3. The number of hydrogen-bond donors (Lipinski definition) is 0. The van der Waals surface area contributed by atoms with E-state index >= 15 is 0 Å². The Kier molecular flexibility index (Phi) is 3.62. The fourth-order valence-electron chi connectivity index (χ4n) is 3.32. The molecule has 0 aliphatic carbocycles. The van der Waals surface area contributed by atoms with Gasteiger partial charge in [-0.15, -0.1) is 0 Å². The van der Waals surface area contributed by atoms with Gasteiger partial charge in [0.2, 0.25) is 11.4 Å². The normalized spacial score (nSPS) is 23.5. The average molecular weight is 343 g/mol. The second kappa shape index (κ2) is 5.69. The molecule has 4 rings (SSSR count). The van der Waals surface area contributed by atoms with Gasteiger partial charge in [0, 0.05) is 17.8 Å². The topological polar surface area (TPSA) is 59.5 Å². The molecular formula is C18H15ClN2O3. The molecule has 0 radical (unpaired) electrons. The molecule has 2 aliphatic heterocycles. The standard InChI is InChI=1S/C18H15ClN2O3/c19-12-5-7-13(8-6-12)21-16-14(4-3-10-20-16)15(22)18(17(21)23)9-1-2-11-24-18/h3-8,10H,1-2,9,11H2. The number of hydrogen-bond acceptors (Lipinski definition) is 4. The van der Waals surface area contributed by atoms with Crippen LogP contribution in [0.4, 0.5) is 11.5 Å². The lowest BCUT2D eigenvalue weighted by Gasteiger charge is -2.42. The number of Topliss-reactive ketones (excluding diaryl/α,β-unsaturated/α-hetero) is 1. The van der Waals surface area contributed by atoms with E-state index in [0.29, 0.717) is 35.1 Å². The third-order valence-corrected chi connectivity index (χ3v) is 4.77. The molecule has 1 aromatic carbocycles. The molecule has 1 amide bonds. The van der Waals surface area contributed by atoms with Gasteiger partial charge in [-0.25, -0.2) is 4.98 Å². The summed E-state index contributed by atoms with van der Waals surface area (Å²) in [5.74, 6) is -0.323. The highest BCUT2D eigenvalue weighted by molar-refractivity contribution is 6.31. The summed E-state index contributed by atoms with van der Waals surface area (Å²) in [4.78, 5) is 32.0. The predicted octanol–water partition coefficient (Wildman–Crippen LogP) is 3.54. The molecule has 6 heteroatoms. The fourth-order valence-corrected chi connectivity index (χ4v) is 3.44. The van der Waals surface area contributed by atoms with Gasteiger partial charge < -0.3 is 4.74 Å². The highest BCUT2D eigenvalue weighted by Crippen LogP contribution is 2.41. The van der Waals surface area contributed by atoms with Crippen LogP contribution in [0.3, 0.4) is 0 Å². The average Bonchev–Trinajstić information content (AvgIpc) is 2.63. The zero-order chi connectivity index (χ0) is 16.7. The van der Waals surface area contributed by atoms with Crippen LogP contribution in [0, 0.1) is 0 Å². The van der Waals surface area contributed by atoms with E-state index in [9.17, 15) is 9.59 Å². The van der Waals surface area contributed by atoms with Crippen molar-refractivity contribution in [1.29, 1.82) is 0 Å². The zero-order valence-electron chi connectivity index (χ0n) is 12.9. The van der Waals surface area contributed by atoms with Gasteiger partial charge in [0.1, 0.15) is 0 Å². The monoisotopic (exact) mass is 342 g/mol. The number of carbonyl (C=O) groups excluding carboxylic acids is 2. The predicted molar refractivity (Wildman–Crippen MR) is 89.7 cm³/mol. The van der Waals surface area contributed by atoms with Gasteiger partial charge in [-0.2, -0.15) is 0 Å². The molecular weight excluding hydrogens is 328 g/mol. The Hall–Kier alpha value is -2.24. The molecule has 2 aromatic rings. The minimum absolute atomic E-state index is 0.291. The molecule has 0 saturated carbocycles. The van der Waals surface area contributed by atoms with Crippen molar-refractivity contribution in [3.05, 3.63) is 53.2 Å². The minimum atomic E-state index is -1.44. The van der Waals surface area contributed by atoms with Crippen molar-refractivity contribution in [2.75, 3.05) is 11.5 Å². The number of aromatic nitrogens is 1. The van der Waals surface area contributed by atoms with E-state index in [1.807, 2.05) is 0 Å². The third kappa shape index (κ3) is 2.16. The molecule has 3 heterocycles. The smallest absolute Gasteiger partial charge is 0.273 e. The number of rotatable bonds is 1. The number of halogens is 1. The Balaban J connectivity index is 1.91. The molecule has 0 N–H and O–H groups in total. The fraction of sp³-hybridized carbons (Fsp3) is 0.278. The van der Waals surface area contributed by atoms with Crippen LogP contribution in [0.25, 0.3) is 0 Å². The van der Waals surface area contributed by atoms with E-state index in [1.54, 1.807) is 42.6 Å². The number of ether oxygens (including phenoxy) is 1. The molecule has 1 aromatic heterocycles. The van der Waals surface area contributed by atoms with Gasteiger partial charge in [0.05, 0.1) is 11.3 Å². The number of carbonyl (C=O) groups is 2. The lowest BCUT2D eigenvalue weighted by Crippen LogP contribution is -2.59. The number of fused-ring (bicyclic) bond motifs is 1. The van der Waals surface area contributed by atoms with Gasteiger partial charge in [-0.05, 0) is 55.7 Å². The van der Waals surface area contributed by atoms with Crippen LogP contribution in [0.2, 0.25) is 5.02 Å². The van der Waals surface area contributed by atoms with E-state index in [-0.39, 0.29) is 11.7 Å². The largest absolute Gasteiger partial charge is 0.357 e. The summed E-state index contributed by atoms with van der Waals surface area (Å²) < 4.78 is 5.77. The molecule has 1 unspecified atom stereocenters. The quantitative estimate of drug-likeness (QED) is 0.744. The lowest BCUT2D eigenvalue weighted by molar-refractivity contribution is -0.142. The molecule has 1 fully saturated rings. The highest BCUT2D eigenvalue weighted by atomic mass is 35.5.